The Morgan fingerprint density at radius 2 is 1.92 bits per heavy atom. The highest BCUT2D eigenvalue weighted by atomic mass is 32.1. The molecule has 1 N–H and O–H groups in total. The maximum absolute atomic E-state index is 12.6. The number of thiazole rings is 1. The van der Waals surface area contributed by atoms with Crippen molar-refractivity contribution in [2.75, 3.05) is 5.32 Å². The van der Waals surface area contributed by atoms with Gasteiger partial charge in [-0.25, -0.2) is 9.97 Å². The summed E-state index contributed by atoms with van der Waals surface area (Å²) in [6.45, 7) is 1.78. The molecule has 0 spiro atoms. The Morgan fingerprint density at radius 1 is 1.12 bits per heavy atom. The molecule has 7 heteroatoms. The van der Waals surface area contributed by atoms with E-state index in [0.29, 0.717) is 11.0 Å². The SMILES string of the molecule is Cc1nc2c(c(=O)n1CC(=O)Nc1nc3c(s1)CCCC3)CCC2. The van der Waals surface area contributed by atoms with Crippen LogP contribution in [0, 0.1) is 6.92 Å². The number of aromatic nitrogens is 3. The zero-order valence-corrected chi connectivity index (χ0v) is 14.5. The first-order valence-electron chi connectivity index (χ1n) is 8.49. The van der Waals surface area contributed by atoms with E-state index in [1.165, 1.54) is 22.3 Å². The molecule has 2 heterocycles. The van der Waals surface area contributed by atoms with Crippen LogP contribution in [-0.4, -0.2) is 20.4 Å². The van der Waals surface area contributed by atoms with Gasteiger partial charge in [0.2, 0.25) is 5.91 Å². The molecule has 0 aromatic carbocycles. The molecular formula is C17H20N4O2S. The van der Waals surface area contributed by atoms with Crippen LogP contribution >= 0.6 is 11.3 Å². The summed E-state index contributed by atoms with van der Waals surface area (Å²) in [6, 6.07) is 0. The Labute approximate surface area is 144 Å². The molecule has 0 saturated heterocycles. The second kappa shape index (κ2) is 6.12. The molecule has 4 rings (SSSR count). The topological polar surface area (TPSA) is 76.9 Å². The number of aryl methyl sites for hydroxylation is 4. The molecule has 1 amide bonds. The number of nitrogens with one attached hydrogen (secondary N) is 1. The maximum Gasteiger partial charge on any atom is 0.257 e. The van der Waals surface area contributed by atoms with Gasteiger partial charge in [-0.2, -0.15) is 0 Å². The van der Waals surface area contributed by atoms with Crippen molar-refractivity contribution in [2.24, 2.45) is 0 Å². The van der Waals surface area contributed by atoms with Crippen molar-refractivity contribution >= 4 is 22.4 Å². The van der Waals surface area contributed by atoms with Gasteiger partial charge in [-0.05, 0) is 51.9 Å². The van der Waals surface area contributed by atoms with E-state index >= 15 is 0 Å². The monoisotopic (exact) mass is 344 g/mol. The second-order valence-electron chi connectivity index (χ2n) is 6.47. The van der Waals surface area contributed by atoms with E-state index in [4.69, 9.17) is 0 Å². The fourth-order valence-corrected chi connectivity index (χ4v) is 4.61. The van der Waals surface area contributed by atoms with Gasteiger partial charge in [0.25, 0.3) is 5.56 Å². The Hall–Kier alpha value is -2.02. The third-order valence-electron chi connectivity index (χ3n) is 4.77. The molecule has 0 bridgehead atoms. The third kappa shape index (κ3) is 2.77. The van der Waals surface area contributed by atoms with Crippen LogP contribution in [0.3, 0.4) is 0 Å². The molecule has 0 radical (unpaired) electrons. The number of anilines is 1. The van der Waals surface area contributed by atoms with Crippen LogP contribution in [0.1, 0.15) is 46.9 Å². The molecule has 0 atom stereocenters. The van der Waals surface area contributed by atoms with Crippen LogP contribution in [0.4, 0.5) is 5.13 Å². The number of hydrogen-bond acceptors (Lipinski definition) is 5. The number of hydrogen-bond donors (Lipinski definition) is 1. The summed E-state index contributed by atoms with van der Waals surface area (Å²) < 4.78 is 1.48. The van der Waals surface area contributed by atoms with E-state index in [9.17, 15) is 9.59 Å². The summed E-state index contributed by atoms with van der Waals surface area (Å²) in [5.74, 6) is 0.389. The van der Waals surface area contributed by atoms with E-state index in [1.807, 2.05) is 0 Å². The number of rotatable bonds is 3. The number of amides is 1. The van der Waals surface area contributed by atoms with Crippen molar-refractivity contribution in [1.82, 2.24) is 14.5 Å². The Bertz CT molecular complexity index is 845. The number of carbonyl (C=O) groups is 1. The van der Waals surface area contributed by atoms with E-state index in [2.05, 4.69) is 15.3 Å². The Kier molecular flexibility index (Phi) is 3.96. The molecule has 2 aliphatic rings. The Morgan fingerprint density at radius 3 is 2.75 bits per heavy atom. The lowest BCUT2D eigenvalue weighted by Gasteiger charge is -2.11. The standard InChI is InChI=1S/C17H20N4O2S/c1-10-18-12-7-4-5-11(12)16(23)21(10)9-15(22)20-17-19-13-6-2-3-8-14(13)24-17/h2-9H2,1H3,(H,19,20,22). The van der Waals surface area contributed by atoms with Gasteiger partial charge in [-0.15, -0.1) is 11.3 Å². The highest BCUT2D eigenvalue weighted by molar-refractivity contribution is 7.15. The molecule has 0 unspecified atom stereocenters. The van der Waals surface area contributed by atoms with Gasteiger partial charge in [0.1, 0.15) is 12.4 Å². The highest BCUT2D eigenvalue weighted by Gasteiger charge is 2.21. The predicted molar refractivity (Wildman–Crippen MR) is 92.6 cm³/mol. The van der Waals surface area contributed by atoms with Gasteiger partial charge in [0, 0.05) is 10.4 Å². The zero-order chi connectivity index (χ0) is 16.7. The first-order chi connectivity index (χ1) is 11.6. The van der Waals surface area contributed by atoms with Crippen LogP contribution in [0.15, 0.2) is 4.79 Å². The first kappa shape index (κ1) is 15.5. The summed E-state index contributed by atoms with van der Waals surface area (Å²) in [6.07, 6.45) is 7.01. The van der Waals surface area contributed by atoms with Crippen LogP contribution in [0.25, 0.3) is 0 Å². The maximum atomic E-state index is 12.6. The largest absolute Gasteiger partial charge is 0.300 e. The molecule has 0 saturated carbocycles. The minimum absolute atomic E-state index is 0.00477. The minimum atomic E-state index is -0.217. The lowest BCUT2D eigenvalue weighted by Crippen LogP contribution is -2.32. The minimum Gasteiger partial charge on any atom is -0.300 e. The van der Waals surface area contributed by atoms with Crippen LogP contribution < -0.4 is 10.9 Å². The molecular weight excluding hydrogens is 324 g/mol. The third-order valence-corrected chi connectivity index (χ3v) is 5.85. The number of nitrogens with zero attached hydrogens (tertiary/aromatic N) is 3. The van der Waals surface area contributed by atoms with Crippen molar-refractivity contribution in [3.05, 3.63) is 38.0 Å². The average molecular weight is 344 g/mol. The van der Waals surface area contributed by atoms with Gasteiger partial charge in [0.15, 0.2) is 5.13 Å². The molecule has 24 heavy (non-hydrogen) atoms. The van der Waals surface area contributed by atoms with Crippen molar-refractivity contribution in [2.45, 2.75) is 58.4 Å². The lowest BCUT2D eigenvalue weighted by molar-refractivity contribution is -0.116. The first-order valence-corrected chi connectivity index (χ1v) is 9.31. The van der Waals surface area contributed by atoms with Crippen molar-refractivity contribution in [3.63, 3.8) is 0 Å². The second-order valence-corrected chi connectivity index (χ2v) is 7.56. The molecule has 2 aromatic rings. The van der Waals surface area contributed by atoms with E-state index in [1.54, 1.807) is 18.3 Å². The van der Waals surface area contributed by atoms with Crippen molar-refractivity contribution < 1.29 is 4.79 Å². The fraction of sp³-hybridized carbons (Fsp3) is 0.529. The summed E-state index contributed by atoms with van der Waals surface area (Å²) >= 11 is 1.56. The zero-order valence-electron chi connectivity index (χ0n) is 13.7. The van der Waals surface area contributed by atoms with E-state index < -0.39 is 0 Å². The fourth-order valence-electron chi connectivity index (χ4n) is 3.54. The molecule has 0 fully saturated rings. The van der Waals surface area contributed by atoms with Crippen LogP contribution in [0.2, 0.25) is 0 Å². The van der Waals surface area contributed by atoms with Gasteiger partial charge in [-0.1, -0.05) is 0 Å². The smallest absolute Gasteiger partial charge is 0.257 e. The number of fused-ring (bicyclic) bond motifs is 2. The van der Waals surface area contributed by atoms with Gasteiger partial charge in [0.05, 0.1) is 11.4 Å². The molecule has 0 aliphatic heterocycles. The van der Waals surface area contributed by atoms with E-state index in [-0.39, 0.29) is 18.0 Å². The lowest BCUT2D eigenvalue weighted by atomic mass is 10.0. The number of carbonyl (C=O) groups excluding carboxylic acids is 1. The predicted octanol–water partition coefficient (Wildman–Crippen LogP) is 2.01. The van der Waals surface area contributed by atoms with Crippen LogP contribution in [0.5, 0.6) is 0 Å². The van der Waals surface area contributed by atoms with Crippen LogP contribution in [-0.2, 0) is 37.0 Å². The van der Waals surface area contributed by atoms with E-state index in [0.717, 1.165) is 49.1 Å². The van der Waals surface area contributed by atoms with Crippen molar-refractivity contribution in [3.8, 4) is 0 Å². The summed E-state index contributed by atoms with van der Waals surface area (Å²) in [4.78, 5) is 35.2. The van der Waals surface area contributed by atoms with Gasteiger partial charge in [-0.3, -0.25) is 14.2 Å². The van der Waals surface area contributed by atoms with Gasteiger partial charge >= 0.3 is 0 Å². The average Bonchev–Trinajstić information content (AvgIpc) is 3.17. The quantitative estimate of drug-likeness (QED) is 0.924. The summed E-state index contributed by atoms with van der Waals surface area (Å²) in [5, 5.41) is 3.50. The highest BCUT2D eigenvalue weighted by Crippen LogP contribution is 2.29. The summed E-state index contributed by atoms with van der Waals surface area (Å²) in [5.41, 5.74) is 2.73. The molecule has 126 valence electrons. The molecule has 2 aliphatic carbocycles. The normalized spacial score (nSPS) is 15.9. The molecule has 6 nitrogen and oxygen atoms in total. The van der Waals surface area contributed by atoms with Gasteiger partial charge < -0.3 is 5.32 Å². The Balaban J connectivity index is 1.52. The summed E-state index contributed by atoms with van der Waals surface area (Å²) in [7, 11) is 0. The van der Waals surface area contributed by atoms with Crippen molar-refractivity contribution in [1.29, 1.82) is 0 Å². The molecule has 2 aromatic heterocycles.